The van der Waals surface area contributed by atoms with Crippen molar-refractivity contribution in [2.24, 2.45) is 0 Å². The summed E-state index contributed by atoms with van der Waals surface area (Å²) in [6.45, 7) is 5.61. The molecule has 0 radical (unpaired) electrons. The Morgan fingerprint density at radius 2 is 1.74 bits per heavy atom. The summed E-state index contributed by atoms with van der Waals surface area (Å²) in [6.07, 6.45) is 0. The maximum absolute atomic E-state index is 5.92. The Bertz CT molecular complexity index is 926. The number of aromatic nitrogens is 2. The molecule has 4 N–H and O–H groups in total. The third-order valence-corrected chi connectivity index (χ3v) is 4.45. The van der Waals surface area contributed by atoms with Crippen molar-refractivity contribution >= 4 is 17.5 Å². The van der Waals surface area contributed by atoms with Gasteiger partial charge in [0.2, 0.25) is 5.95 Å². The van der Waals surface area contributed by atoms with Gasteiger partial charge in [0, 0.05) is 36.5 Å². The molecule has 0 bridgehead atoms. The summed E-state index contributed by atoms with van der Waals surface area (Å²) in [7, 11) is 1.66. The first-order chi connectivity index (χ1) is 13.1. The predicted molar refractivity (Wildman–Crippen MR) is 111 cm³/mol. The minimum absolute atomic E-state index is 0.261. The first-order valence-corrected chi connectivity index (χ1v) is 8.90. The van der Waals surface area contributed by atoms with Gasteiger partial charge in [-0.15, -0.1) is 0 Å². The number of anilines is 3. The van der Waals surface area contributed by atoms with E-state index in [0.29, 0.717) is 12.4 Å². The molecule has 0 aliphatic rings. The molecule has 0 amide bonds. The standard InChI is InChI=1S/C21H25N5O/c1-14-6-4-9-18(15(14)2)19-13-20(26-21(22)25-19)24-11-10-23-16-7-5-8-17(12-16)27-3/h4-9,12-13,23H,10-11H2,1-3H3,(H3,22,24,25,26). The van der Waals surface area contributed by atoms with Crippen LogP contribution in [0.1, 0.15) is 11.1 Å². The first-order valence-electron chi connectivity index (χ1n) is 8.90. The van der Waals surface area contributed by atoms with Crippen LogP contribution >= 0.6 is 0 Å². The Kier molecular flexibility index (Phi) is 5.76. The number of hydrogen-bond donors (Lipinski definition) is 3. The number of nitrogens with zero attached hydrogens (tertiary/aromatic N) is 2. The number of nitrogen functional groups attached to an aromatic ring is 1. The van der Waals surface area contributed by atoms with Crippen molar-refractivity contribution in [3.05, 3.63) is 59.7 Å². The average molecular weight is 363 g/mol. The van der Waals surface area contributed by atoms with Gasteiger partial charge in [-0.05, 0) is 37.1 Å². The highest BCUT2D eigenvalue weighted by molar-refractivity contribution is 5.68. The second-order valence-electron chi connectivity index (χ2n) is 6.33. The van der Waals surface area contributed by atoms with Crippen molar-refractivity contribution < 1.29 is 4.74 Å². The van der Waals surface area contributed by atoms with Crippen LogP contribution in [0.5, 0.6) is 5.75 Å². The predicted octanol–water partition coefficient (Wildman–Crippen LogP) is 3.88. The highest BCUT2D eigenvalue weighted by Gasteiger charge is 2.08. The normalized spacial score (nSPS) is 10.5. The molecule has 1 aromatic heterocycles. The largest absolute Gasteiger partial charge is 0.497 e. The van der Waals surface area contributed by atoms with Crippen molar-refractivity contribution in [3.8, 4) is 17.0 Å². The zero-order valence-corrected chi connectivity index (χ0v) is 15.9. The zero-order chi connectivity index (χ0) is 19.2. The third kappa shape index (κ3) is 4.67. The molecule has 0 unspecified atom stereocenters. The molecule has 0 aliphatic carbocycles. The van der Waals surface area contributed by atoms with Crippen LogP contribution in [0.2, 0.25) is 0 Å². The zero-order valence-electron chi connectivity index (χ0n) is 15.9. The summed E-state index contributed by atoms with van der Waals surface area (Å²) in [5, 5.41) is 6.65. The van der Waals surface area contributed by atoms with Gasteiger partial charge < -0.3 is 21.1 Å². The van der Waals surface area contributed by atoms with Crippen LogP contribution in [0, 0.1) is 13.8 Å². The van der Waals surface area contributed by atoms with Crippen LogP contribution in [-0.2, 0) is 0 Å². The van der Waals surface area contributed by atoms with Crippen LogP contribution in [-0.4, -0.2) is 30.2 Å². The summed E-state index contributed by atoms with van der Waals surface area (Å²) in [5.74, 6) is 1.80. The van der Waals surface area contributed by atoms with Crippen LogP contribution in [0.15, 0.2) is 48.5 Å². The number of nitrogens with two attached hydrogens (primary N) is 1. The molecular weight excluding hydrogens is 338 g/mol. The lowest BCUT2D eigenvalue weighted by molar-refractivity contribution is 0.415. The Hall–Kier alpha value is -3.28. The quantitative estimate of drug-likeness (QED) is 0.553. The summed E-state index contributed by atoms with van der Waals surface area (Å²) in [4.78, 5) is 8.69. The Labute approximate surface area is 159 Å². The molecule has 0 fully saturated rings. The number of hydrogen-bond acceptors (Lipinski definition) is 6. The second kappa shape index (κ2) is 8.40. The SMILES string of the molecule is COc1cccc(NCCNc2cc(-c3cccc(C)c3C)nc(N)n2)c1. The fraction of sp³-hybridized carbons (Fsp3) is 0.238. The van der Waals surface area contributed by atoms with Crippen LogP contribution in [0.4, 0.5) is 17.5 Å². The van der Waals surface area contributed by atoms with Gasteiger partial charge in [0.15, 0.2) is 0 Å². The topological polar surface area (TPSA) is 85.1 Å². The molecule has 6 nitrogen and oxygen atoms in total. The van der Waals surface area contributed by atoms with Gasteiger partial charge in [0.05, 0.1) is 12.8 Å². The minimum Gasteiger partial charge on any atom is -0.497 e. The van der Waals surface area contributed by atoms with Gasteiger partial charge in [0.25, 0.3) is 0 Å². The van der Waals surface area contributed by atoms with Gasteiger partial charge in [-0.1, -0.05) is 24.3 Å². The van der Waals surface area contributed by atoms with E-state index >= 15 is 0 Å². The average Bonchev–Trinajstić information content (AvgIpc) is 2.67. The molecule has 140 valence electrons. The van der Waals surface area contributed by atoms with E-state index in [1.54, 1.807) is 7.11 Å². The molecule has 27 heavy (non-hydrogen) atoms. The molecule has 0 atom stereocenters. The number of nitrogens with one attached hydrogen (secondary N) is 2. The Balaban J connectivity index is 1.65. The number of aryl methyl sites for hydroxylation is 1. The fourth-order valence-electron chi connectivity index (χ4n) is 2.85. The van der Waals surface area contributed by atoms with Gasteiger partial charge >= 0.3 is 0 Å². The maximum atomic E-state index is 5.92. The molecule has 2 aromatic carbocycles. The number of rotatable bonds is 7. The molecule has 6 heteroatoms. The summed E-state index contributed by atoms with van der Waals surface area (Å²) >= 11 is 0. The molecule has 3 aromatic rings. The highest BCUT2D eigenvalue weighted by atomic mass is 16.5. The van der Waals surface area contributed by atoms with Crippen molar-refractivity contribution in [2.45, 2.75) is 13.8 Å². The maximum Gasteiger partial charge on any atom is 0.222 e. The van der Waals surface area contributed by atoms with Crippen LogP contribution < -0.4 is 21.1 Å². The number of benzene rings is 2. The monoisotopic (exact) mass is 363 g/mol. The van der Waals surface area contributed by atoms with E-state index < -0.39 is 0 Å². The Morgan fingerprint density at radius 1 is 0.963 bits per heavy atom. The first kappa shape index (κ1) is 18.5. The summed E-state index contributed by atoms with van der Waals surface area (Å²) < 4.78 is 5.23. The minimum atomic E-state index is 0.261. The number of methoxy groups -OCH3 is 1. The second-order valence-corrected chi connectivity index (χ2v) is 6.33. The lowest BCUT2D eigenvalue weighted by Gasteiger charge is -2.12. The van der Waals surface area contributed by atoms with Crippen LogP contribution in [0.3, 0.4) is 0 Å². The molecule has 0 spiro atoms. The van der Waals surface area contributed by atoms with E-state index in [1.807, 2.05) is 36.4 Å². The van der Waals surface area contributed by atoms with E-state index in [-0.39, 0.29) is 5.95 Å². The smallest absolute Gasteiger partial charge is 0.222 e. The van der Waals surface area contributed by atoms with E-state index in [0.717, 1.165) is 29.2 Å². The molecule has 1 heterocycles. The molecule has 0 aliphatic heterocycles. The van der Waals surface area contributed by atoms with E-state index in [4.69, 9.17) is 10.5 Å². The third-order valence-electron chi connectivity index (χ3n) is 4.45. The molecule has 0 saturated heterocycles. The highest BCUT2D eigenvalue weighted by Crippen LogP contribution is 2.26. The van der Waals surface area contributed by atoms with Crippen molar-refractivity contribution in [1.82, 2.24) is 9.97 Å². The molecule has 3 rings (SSSR count). The van der Waals surface area contributed by atoms with E-state index in [1.165, 1.54) is 11.1 Å². The van der Waals surface area contributed by atoms with E-state index in [9.17, 15) is 0 Å². The lowest BCUT2D eigenvalue weighted by atomic mass is 10.0. The molecular formula is C21H25N5O. The number of ether oxygens (including phenoxy) is 1. The van der Waals surface area contributed by atoms with Crippen molar-refractivity contribution in [2.75, 3.05) is 36.6 Å². The lowest BCUT2D eigenvalue weighted by Crippen LogP contribution is -2.15. The van der Waals surface area contributed by atoms with Gasteiger partial charge in [-0.25, -0.2) is 4.98 Å². The van der Waals surface area contributed by atoms with Gasteiger partial charge in [0.1, 0.15) is 11.6 Å². The van der Waals surface area contributed by atoms with Crippen molar-refractivity contribution in [1.29, 1.82) is 0 Å². The van der Waals surface area contributed by atoms with Gasteiger partial charge in [-0.3, -0.25) is 0 Å². The van der Waals surface area contributed by atoms with E-state index in [2.05, 4.69) is 46.6 Å². The summed E-state index contributed by atoms with van der Waals surface area (Å²) in [5.41, 5.74) is 11.2. The fourth-order valence-corrected chi connectivity index (χ4v) is 2.85. The van der Waals surface area contributed by atoms with Crippen molar-refractivity contribution in [3.63, 3.8) is 0 Å². The van der Waals surface area contributed by atoms with Crippen LogP contribution in [0.25, 0.3) is 11.3 Å². The molecule has 0 saturated carbocycles. The van der Waals surface area contributed by atoms with Gasteiger partial charge in [-0.2, -0.15) is 4.98 Å². The Morgan fingerprint density at radius 3 is 2.56 bits per heavy atom. The summed E-state index contributed by atoms with van der Waals surface area (Å²) in [6, 6.07) is 15.9.